The van der Waals surface area contributed by atoms with Crippen molar-refractivity contribution in [3.05, 3.63) is 46.2 Å². The minimum Gasteiger partial charge on any atom is -0.490 e. The number of benzene rings is 1. The number of nitrogens with one attached hydrogen (secondary N) is 1. The quantitative estimate of drug-likeness (QED) is 0.608. The second-order valence-electron chi connectivity index (χ2n) is 4.24. The number of amidine groups is 1. The summed E-state index contributed by atoms with van der Waals surface area (Å²) in [6.45, 7) is 3.05. The fourth-order valence-electron chi connectivity index (χ4n) is 1.78. The average Bonchev–Trinajstić information content (AvgIpc) is 2.93. The molecule has 0 bridgehead atoms. The topological polar surface area (TPSA) is 68.3 Å². The summed E-state index contributed by atoms with van der Waals surface area (Å²) in [5.41, 5.74) is 7.39. The number of ether oxygens (including phenoxy) is 2. The molecule has 0 aliphatic heterocycles. The third-order valence-corrected chi connectivity index (χ3v) is 3.52. The lowest BCUT2D eigenvalue weighted by molar-refractivity contribution is 0.279. The van der Waals surface area contributed by atoms with Gasteiger partial charge in [0, 0.05) is 12.0 Å². The Morgan fingerprint density at radius 2 is 2.10 bits per heavy atom. The zero-order valence-corrected chi connectivity index (χ0v) is 12.2. The minimum absolute atomic E-state index is 0.0239. The summed E-state index contributed by atoms with van der Waals surface area (Å²) >= 11 is 1.68. The minimum atomic E-state index is 0.0239. The molecule has 0 spiro atoms. The van der Waals surface area contributed by atoms with E-state index in [0.29, 0.717) is 30.3 Å². The van der Waals surface area contributed by atoms with E-state index in [9.17, 15) is 0 Å². The van der Waals surface area contributed by atoms with Crippen LogP contribution in [0, 0.1) is 5.41 Å². The van der Waals surface area contributed by atoms with E-state index in [-0.39, 0.29) is 5.84 Å². The fourth-order valence-corrected chi connectivity index (χ4v) is 2.48. The van der Waals surface area contributed by atoms with Crippen LogP contribution >= 0.6 is 11.3 Å². The number of nitrogen functional groups attached to an aromatic ring is 1. The van der Waals surface area contributed by atoms with E-state index in [1.807, 2.05) is 6.92 Å². The van der Waals surface area contributed by atoms with E-state index < -0.39 is 0 Å². The first-order chi connectivity index (χ1) is 9.70. The van der Waals surface area contributed by atoms with Crippen LogP contribution in [-0.2, 0) is 6.42 Å². The van der Waals surface area contributed by atoms with Crippen molar-refractivity contribution >= 4 is 17.2 Å². The largest absolute Gasteiger partial charge is 0.490 e. The highest BCUT2D eigenvalue weighted by molar-refractivity contribution is 7.07. The molecule has 0 unspecified atom stereocenters. The first kappa shape index (κ1) is 14.4. The lowest BCUT2D eigenvalue weighted by Crippen LogP contribution is -2.11. The molecule has 0 aliphatic carbocycles. The van der Waals surface area contributed by atoms with Crippen molar-refractivity contribution in [2.24, 2.45) is 5.73 Å². The van der Waals surface area contributed by atoms with E-state index in [1.54, 1.807) is 29.5 Å². The Kier molecular flexibility index (Phi) is 5.01. The highest BCUT2D eigenvalue weighted by Gasteiger charge is 2.08. The number of hydrogen-bond donors (Lipinski definition) is 2. The third kappa shape index (κ3) is 3.74. The molecule has 2 aromatic rings. The van der Waals surface area contributed by atoms with Crippen LogP contribution in [0.3, 0.4) is 0 Å². The SMILES string of the molecule is CCOc1cc(C(=N)N)ccc1OCCc1ccsc1. The van der Waals surface area contributed by atoms with Crippen LogP contribution in [0.5, 0.6) is 11.5 Å². The van der Waals surface area contributed by atoms with Crippen LogP contribution in [0.1, 0.15) is 18.1 Å². The number of hydrogen-bond acceptors (Lipinski definition) is 4. The van der Waals surface area contributed by atoms with Crippen LogP contribution in [0.25, 0.3) is 0 Å². The second kappa shape index (κ2) is 6.96. The van der Waals surface area contributed by atoms with E-state index in [2.05, 4.69) is 16.8 Å². The van der Waals surface area contributed by atoms with Gasteiger partial charge in [-0.25, -0.2) is 0 Å². The Labute approximate surface area is 122 Å². The Morgan fingerprint density at radius 1 is 1.25 bits per heavy atom. The van der Waals surface area contributed by atoms with Crippen molar-refractivity contribution in [3.8, 4) is 11.5 Å². The van der Waals surface area contributed by atoms with Gasteiger partial charge in [-0.05, 0) is 47.5 Å². The molecule has 3 N–H and O–H groups in total. The maximum atomic E-state index is 7.45. The molecule has 2 rings (SSSR count). The van der Waals surface area contributed by atoms with Crippen molar-refractivity contribution in [1.29, 1.82) is 5.41 Å². The normalized spacial score (nSPS) is 10.2. The van der Waals surface area contributed by atoms with Gasteiger partial charge in [0.05, 0.1) is 13.2 Å². The smallest absolute Gasteiger partial charge is 0.161 e. The van der Waals surface area contributed by atoms with E-state index in [0.717, 1.165) is 6.42 Å². The van der Waals surface area contributed by atoms with Gasteiger partial charge in [0.1, 0.15) is 5.84 Å². The Balaban J connectivity index is 2.03. The lowest BCUT2D eigenvalue weighted by atomic mass is 10.2. The lowest BCUT2D eigenvalue weighted by Gasteiger charge is -2.13. The maximum absolute atomic E-state index is 7.45. The first-order valence-electron chi connectivity index (χ1n) is 6.46. The van der Waals surface area contributed by atoms with Crippen molar-refractivity contribution in [2.75, 3.05) is 13.2 Å². The molecule has 0 aliphatic rings. The predicted molar refractivity (Wildman–Crippen MR) is 82.1 cm³/mol. The summed E-state index contributed by atoms with van der Waals surface area (Å²) in [4.78, 5) is 0. The average molecular weight is 290 g/mol. The van der Waals surface area contributed by atoms with Crippen LogP contribution in [0.4, 0.5) is 0 Å². The number of nitrogens with two attached hydrogens (primary N) is 1. The molecule has 4 nitrogen and oxygen atoms in total. The molecule has 0 fully saturated rings. The van der Waals surface area contributed by atoms with Gasteiger partial charge in [-0.3, -0.25) is 5.41 Å². The van der Waals surface area contributed by atoms with E-state index >= 15 is 0 Å². The van der Waals surface area contributed by atoms with Crippen LogP contribution < -0.4 is 15.2 Å². The second-order valence-corrected chi connectivity index (χ2v) is 5.02. The molecule has 0 saturated heterocycles. The monoisotopic (exact) mass is 290 g/mol. The summed E-state index contributed by atoms with van der Waals surface area (Å²) in [5.74, 6) is 1.34. The molecule has 5 heteroatoms. The number of rotatable bonds is 7. The predicted octanol–water partition coefficient (Wildman–Crippen LogP) is 3.05. The van der Waals surface area contributed by atoms with Gasteiger partial charge in [0.15, 0.2) is 11.5 Å². The van der Waals surface area contributed by atoms with Gasteiger partial charge in [-0.2, -0.15) is 11.3 Å². The third-order valence-electron chi connectivity index (χ3n) is 2.78. The summed E-state index contributed by atoms with van der Waals surface area (Å²) in [7, 11) is 0. The summed E-state index contributed by atoms with van der Waals surface area (Å²) in [6, 6.07) is 7.40. The molecule has 0 amide bonds. The van der Waals surface area contributed by atoms with Gasteiger partial charge >= 0.3 is 0 Å². The van der Waals surface area contributed by atoms with Crippen LogP contribution in [0.2, 0.25) is 0 Å². The molecule has 0 saturated carbocycles. The molecule has 1 heterocycles. The molecule has 20 heavy (non-hydrogen) atoms. The van der Waals surface area contributed by atoms with Gasteiger partial charge in [-0.1, -0.05) is 0 Å². The molecule has 0 atom stereocenters. The van der Waals surface area contributed by atoms with Crippen molar-refractivity contribution in [3.63, 3.8) is 0 Å². The Bertz CT molecular complexity index is 567. The fraction of sp³-hybridized carbons (Fsp3) is 0.267. The maximum Gasteiger partial charge on any atom is 0.161 e. The number of thiophene rings is 1. The molecule has 0 radical (unpaired) electrons. The summed E-state index contributed by atoms with van der Waals surface area (Å²) < 4.78 is 11.3. The van der Waals surface area contributed by atoms with Crippen molar-refractivity contribution in [1.82, 2.24) is 0 Å². The molecule has 1 aromatic heterocycles. The van der Waals surface area contributed by atoms with Gasteiger partial charge in [-0.15, -0.1) is 0 Å². The van der Waals surface area contributed by atoms with Crippen LogP contribution in [0.15, 0.2) is 35.0 Å². The van der Waals surface area contributed by atoms with Crippen molar-refractivity contribution in [2.45, 2.75) is 13.3 Å². The van der Waals surface area contributed by atoms with E-state index in [4.69, 9.17) is 20.6 Å². The van der Waals surface area contributed by atoms with Gasteiger partial charge in [0.25, 0.3) is 0 Å². The highest BCUT2D eigenvalue weighted by Crippen LogP contribution is 2.28. The zero-order valence-electron chi connectivity index (χ0n) is 11.4. The molecule has 1 aromatic carbocycles. The molecular weight excluding hydrogens is 272 g/mol. The van der Waals surface area contributed by atoms with Gasteiger partial charge < -0.3 is 15.2 Å². The Morgan fingerprint density at radius 3 is 2.75 bits per heavy atom. The summed E-state index contributed by atoms with van der Waals surface area (Å²) in [5, 5.41) is 11.6. The van der Waals surface area contributed by atoms with Gasteiger partial charge in [0.2, 0.25) is 0 Å². The molecule has 106 valence electrons. The Hall–Kier alpha value is -2.01. The highest BCUT2D eigenvalue weighted by atomic mass is 32.1. The zero-order chi connectivity index (χ0) is 14.4. The molecular formula is C15H18N2O2S. The standard InChI is InChI=1S/C15H18N2O2S/c1-2-18-14-9-12(15(16)17)3-4-13(14)19-7-5-11-6-8-20-10-11/h3-4,6,8-10H,2,5,7H2,1H3,(H3,16,17). The van der Waals surface area contributed by atoms with Crippen molar-refractivity contribution < 1.29 is 9.47 Å². The van der Waals surface area contributed by atoms with E-state index in [1.165, 1.54) is 5.56 Å². The van der Waals surface area contributed by atoms with Crippen LogP contribution in [-0.4, -0.2) is 19.0 Å². The summed E-state index contributed by atoms with van der Waals surface area (Å²) in [6.07, 6.45) is 0.865. The first-order valence-corrected chi connectivity index (χ1v) is 7.40.